The molecule has 0 aliphatic carbocycles. The van der Waals surface area contributed by atoms with Crippen molar-refractivity contribution >= 4 is 35.0 Å². The number of Topliss-reactive ketones (excluding diaryl/α,β-unsaturated/α-hetero) is 1. The first-order valence-corrected chi connectivity index (χ1v) is 5.55. The Balaban J connectivity index is 2.33. The van der Waals surface area contributed by atoms with Gasteiger partial charge in [0.05, 0.1) is 16.2 Å². The number of anilines is 1. The van der Waals surface area contributed by atoms with Crippen molar-refractivity contribution in [3.63, 3.8) is 0 Å². The molecule has 1 heterocycles. The second kappa shape index (κ2) is 5.00. The number of fused-ring (bicyclic) bond motifs is 1. The number of urea groups is 1. The van der Waals surface area contributed by atoms with E-state index in [0.29, 0.717) is 0 Å². The molecule has 1 aliphatic heterocycles. The first-order chi connectivity index (χ1) is 9.81. The molecule has 0 fully saturated rings. The number of nitrogens with two attached hydrogens (primary N) is 1. The number of non-ortho nitro benzene ring substituents is 1. The first-order valence-electron chi connectivity index (χ1n) is 5.55. The number of nitrogens with one attached hydrogen (secondary N) is 1. The minimum Gasteiger partial charge on any atom is -0.351 e. The summed E-state index contributed by atoms with van der Waals surface area (Å²) in [5.74, 6) is -2.85. The lowest BCUT2D eigenvalue weighted by molar-refractivity contribution is -0.384. The summed E-state index contributed by atoms with van der Waals surface area (Å²) in [4.78, 5) is 56.2. The molecule has 0 bridgehead atoms. The zero-order chi connectivity index (χ0) is 15.7. The van der Waals surface area contributed by atoms with Gasteiger partial charge in [-0.25, -0.2) is 4.79 Å². The molecule has 10 heteroatoms. The summed E-state index contributed by atoms with van der Waals surface area (Å²) in [5, 5.41) is 12.4. The first kappa shape index (κ1) is 14.1. The number of benzene rings is 1. The predicted molar refractivity (Wildman–Crippen MR) is 67.5 cm³/mol. The number of hydrogen-bond acceptors (Lipinski definition) is 6. The number of primary amides is 1. The topological polar surface area (TPSA) is 153 Å². The van der Waals surface area contributed by atoms with Gasteiger partial charge in [-0.15, -0.1) is 0 Å². The minimum atomic E-state index is -1.10. The summed E-state index contributed by atoms with van der Waals surface area (Å²) in [7, 11) is 0. The van der Waals surface area contributed by atoms with Crippen molar-refractivity contribution in [3.05, 3.63) is 33.9 Å². The Morgan fingerprint density at radius 2 is 2.00 bits per heavy atom. The highest BCUT2D eigenvalue weighted by molar-refractivity contribution is 6.52. The maximum atomic E-state index is 11.8. The lowest BCUT2D eigenvalue weighted by Gasteiger charge is -2.14. The third-order valence-electron chi connectivity index (χ3n) is 2.73. The van der Waals surface area contributed by atoms with Crippen LogP contribution in [0.4, 0.5) is 16.2 Å². The van der Waals surface area contributed by atoms with Crippen molar-refractivity contribution in [2.45, 2.75) is 0 Å². The summed E-state index contributed by atoms with van der Waals surface area (Å²) in [6, 6.07) is 2.15. The molecule has 10 nitrogen and oxygen atoms in total. The molecule has 21 heavy (non-hydrogen) atoms. The van der Waals surface area contributed by atoms with Gasteiger partial charge < -0.3 is 5.73 Å². The molecule has 4 amide bonds. The molecule has 0 radical (unpaired) electrons. The smallest absolute Gasteiger partial charge is 0.318 e. The van der Waals surface area contributed by atoms with Crippen LogP contribution in [-0.2, 0) is 9.59 Å². The molecule has 1 aromatic carbocycles. The summed E-state index contributed by atoms with van der Waals surface area (Å²) >= 11 is 0. The van der Waals surface area contributed by atoms with E-state index in [4.69, 9.17) is 5.73 Å². The average molecular weight is 292 g/mol. The standard InChI is InChI=1S/C11H8N4O6/c12-11(19)13-8(16)4-14-7-2-1-5(15(20)21)3-6(7)9(17)10(14)18/h1-3H,4H2,(H3,12,13,16,19). The highest BCUT2D eigenvalue weighted by atomic mass is 16.6. The molecule has 2 rings (SSSR count). The Morgan fingerprint density at radius 1 is 1.33 bits per heavy atom. The fourth-order valence-corrected chi connectivity index (χ4v) is 1.88. The molecule has 3 N–H and O–H groups in total. The number of carbonyl (C=O) groups excluding carboxylic acids is 4. The molecule has 1 aliphatic rings. The predicted octanol–water partition coefficient (Wildman–Crippen LogP) is -0.681. The van der Waals surface area contributed by atoms with Crippen molar-refractivity contribution in [1.82, 2.24) is 5.32 Å². The van der Waals surface area contributed by atoms with Gasteiger partial charge >= 0.3 is 6.03 Å². The quantitative estimate of drug-likeness (QED) is 0.427. The highest BCUT2D eigenvalue weighted by Crippen LogP contribution is 2.31. The second-order valence-corrected chi connectivity index (χ2v) is 4.09. The van der Waals surface area contributed by atoms with Crippen LogP contribution in [0.3, 0.4) is 0 Å². The Hall–Kier alpha value is -3.30. The van der Waals surface area contributed by atoms with E-state index in [1.165, 1.54) is 6.07 Å². The van der Waals surface area contributed by atoms with E-state index in [1.807, 2.05) is 0 Å². The monoisotopic (exact) mass is 292 g/mol. The molecule has 0 spiro atoms. The number of hydrogen-bond donors (Lipinski definition) is 2. The maximum absolute atomic E-state index is 11.8. The van der Waals surface area contributed by atoms with Crippen LogP contribution >= 0.6 is 0 Å². The SMILES string of the molecule is NC(=O)NC(=O)CN1C(=O)C(=O)c2cc([N+](=O)[O-])ccc21. The van der Waals surface area contributed by atoms with E-state index < -0.39 is 35.1 Å². The lowest BCUT2D eigenvalue weighted by Crippen LogP contribution is -2.44. The van der Waals surface area contributed by atoms with Gasteiger partial charge in [0, 0.05) is 12.1 Å². The Labute approximate surface area is 116 Å². The van der Waals surface area contributed by atoms with Gasteiger partial charge in [0.25, 0.3) is 17.4 Å². The Kier molecular flexibility index (Phi) is 3.36. The molecule has 0 atom stereocenters. The van der Waals surface area contributed by atoms with Crippen LogP contribution in [0.5, 0.6) is 0 Å². The molecule has 0 aromatic heterocycles. The molecule has 108 valence electrons. The molecule has 0 saturated heterocycles. The fraction of sp³-hybridized carbons (Fsp3) is 0.0909. The van der Waals surface area contributed by atoms with Crippen LogP contribution in [0.25, 0.3) is 0 Å². The van der Waals surface area contributed by atoms with E-state index in [-0.39, 0.29) is 16.9 Å². The third-order valence-corrected chi connectivity index (χ3v) is 2.73. The largest absolute Gasteiger partial charge is 0.351 e. The van der Waals surface area contributed by atoms with E-state index in [0.717, 1.165) is 17.0 Å². The van der Waals surface area contributed by atoms with Gasteiger partial charge in [-0.1, -0.05) is 0 Å². The van der Waals surface area contributed by atoms with Crippen molar-refractivity contribution in [2.24, 2.45) is 5.73 Å². The van der Waals surface area contributed by atoms with Crippen LogP contribution in [-0.4, -0.2) is 35.1 Å². The molecule has 1 aromatic rings. The number of amides is 4. The Morgan fingerprint density at radius 3 is 2.57 bits per heavy atom. The lowest BCUT2D eigenvalue weighted by atomic mass is 10.1. The van der Waals surface area contributed by atoms with Gasteiger partial charge in [-0.3, -0.25) is 34.7 Å². The number of nitrogens with zero attached hydrogens (tertiary/aromatic N) is 2. The van der Waals surface area contributed by atoms with Crippen LogP contribution in [0, 0.1) is 10.1 Å². The van der Waals surface area contributed by atoms with Crippen LogP contribution < -0.4 is 16.0 Å². The van der Waals surface area contributed by atoms with Gasteiger partial charge in [0.15, 0.2) is 0 Å². The normalized spacial score (nSPS) is 13.0. The van der Waals surface area contributed by atoms with Crippen LogP contribution in [0.1, 0.15) is 10.4 Å². The summed E-state index contributed by atoms with van der Waals surface area (Å²) in [5.41, 5.74) is 4.31. The van der Waals surface area contributed by atoms with Gasteiger partial charge in [-0.05, 0) is 6.07 Å². The summed E-state index contributed by atoms with van der Waals surface area (Å²) in [6.45, 7) is -0.599. The zero-order valence-corrected chi connectivity index (χ0v) is 10.4. The Bertz CT molecular complexity index is 698. The number of rotatable bonds is 3. The van der Waals surface area contributed by atoms with Crippen LogP contribution in [0.15, 0.2) is 18.2 Å². The maximum Gasteiger partial charge on any atom is 0.318 e. The van der Waals surface area contributed by atoms with Gasteiger partial charge in [0.2, 0.25) is 5.91 Å². The van der Waals surface area contributed by atoms with Crippen molar-refractivity contribution < 1.29 is 24.1 Å². The highest BCUT2D eigenvalue weighted by Gasteiger charge is 2.38. The van der Waals surface area contributed by atoms with E-state index in [9.17, 15) is 29.3 Å². The van der Waals surface area contributed by atoms with Crippen molar-refractivity contribution in [1.29, 1.82) is 0 Å². The van der Waals surface area contributed by atoms with E-state index in [2.05, 4.69) is 0 Å². The number of imide groups is 1. The number of carbonyl (C=O) groups is 4. The van der Waals surface area contributed by atoms with Crippen molar-refractivity contribution in [2.75, 3.05) is 11.4 Å². The van der Waals surface area contributed by atoms with Gasteiger partial charge in [-0.2, -0.15) is 0 Å². The summed E-state index contributed by atoms with van der Waals surface area (Å²) < 4.78 is 0. The number of ketones is 1. The van der Waals surface area contributed by atoms with Crippen LogP contribution in [0.2, 0.25) is 0 Å². The molecular weight excluding hydrogens is 284 g/mol. The minimum absolute atomic E-state index is 0.0650. The number of nitro groups is 1. The fourth-order valence-electron chi connectivity index (χ4n) is 1.88. The molecule has 0 unspecified atom stereocenters. The average Bonchev–Trinajstić information content (AvgIpc) is 2.62. The summed E-state index contributed by atoms with van der Waals surface area (Å²) in [6.07, 6.45) is 0. The van der Waals surface area contributed by atoms with E-state index >= 15 is 0 Å². The van der Waals surface area contributed by atoms with Crippen molar-refractivity contribution in [3.8, 4) is 0 Å². The molecular formula is C11H8N4O6. The molecule has 0 saturated carbocycles. The van der Waals surface area contributed by atoms with E-state index in [1.54, 1.807) is 5.32 Å². The zero-order valence-electron chi connectivity index (χ0n) is 10.4. The second-order valence-electron chi connectivity index (χ2n) is 4.09. The van der Waals surface area contributed by atoms with Gasteiger partial charge in [0.1, 0.15) is 6.54 Å². The number of nitro benzene ring substituents is 1. The third kappa shape index (κ3) is 2.54.